The molecule has 0 fully saturated rings. The Bertz CT molecular complexity index is 726. The Morgan fingerprint density at radius 1 is 1.08 bits per heavy atom. The van der Waals surface area contributed by atoms with Crippen molar-refractivity contribution in [3.05, 3.63) is 46.7 Å². The van der Waals surface area contributed by atoms with Gasteiger partial charge in [0.15, 0.2) is 5.78 Å². The summed E-state index contributed by atoms with van der Waals surface area (Å²) in [6, 6.07) is 11.8. The molecule has 142 valence electrons. The molecule has 0 radical (unpaired) electrons. The largest absolute Gasteiger partial charge is 0.497 e. The van der Waals surface area contributed by atoms with Gasteiger partial charge in [-0.1, -0.05) is 76.8 Å². The summed E-state index contributed by atoms with van der Waals surface area (Å²) in [7, 11) is -1.57. The zero-order chi connectivity index (χ0) is 19.5. The lowest BCUT2D eigenvalue weighted by Gasteiger charge is -2.28. The van der Waals surface area contributed by atoms with Gasteiger partial charge in [0.2, 0.25) is 0 Å². The average molecular weight is 387 g/mol. The predicted octanol–water partition coefficient (Wildman–Crippen LogP) is 6.27. The van der Waals surface area contributed by atoms with Gasteiger partial charge in [0.25, 0.3) is 0 Å². The number of methoxy groups -OCH3 is 1. The fourth-order valence-corrected chi connectivity index (χ4v) is 10.3. The molecule has 0 atom stereocenters. The topological polar surface area (TPSA) is 26.3 Å². The van der Waals surface area contributed by atoms with Crippen LogP contribution in [0.4, 0.5) is 0 Å². The molecule has 0 spiro atoms. The van der Waals surface area contributed by atoms with Crippen LogP contribution in [0.15, 0.2) is 41.1 Å². The van der Waals surface area contributed by atoms with Crippen molar-refractivity contribution >= 4 is 27.1 Å². The highest BCUT2D eigenvalue weighted by atomic mass is 28.3. The Kier molecular flexibility index (Phi) is 6.51. The SMILES string of the molecule is CC[Si](CC)(CC)C1=C/C(=C(\c2cccc(OC)c2)[Si](C)(C)C)CC1=O. The van der Waals surface area contributed by atoms with Crippen LogP contribution in [-0.4, -0.2) is 29.0 Å². The zero-order valence-corrected chi connectivity index (χ0v) is 19.5. The van der Waals surface area contributed by atoms with Crippen molar-refractivity contribution in [3.63, 3.8) is 0 Å². The van der Waals surface area contributed by atoms with Crippen molar-refractivity contribution in [3.8, 4) is 5.75 Å². The number of ketones is 1. The molecule has 1 aliphatic carbocycles. The monoisotopic (exact) mass is 386 g/mol. The minimum Gasteiger partial charge on any atom is -0.497 e. The number of ether oxygens (including phenoxy) is 1. The lowest BCUT2D eigenvalue weighted by molar-refractivity contribution is -0.114. The highest BCUT2D eigenvalue weighted by molar-refractivity contribution is 6.94. The molecular formula is C22H34O2Si2. The predicted molar refractivity (Wildman–Crippen MR) is 118 cm³/mol. The third-order valence-corrected chi connectivity index (χ3v) is 13.7. The molecule has 0 bridgehead atoms. The highest BCUT2D eigenvalue weighted by Crippen LogP contribution is 2.40. The van der Waals surface area contributed by atoms with Gasteiger partial charge in [0.1, 0.15) is 5.75 Å². The van der Waals surface area contributed by atoms with E-state index in [0.29, 0.717) is 12.2 Å². The third kappa shape index (κ3) is 3.96. The molecule has 2 rings (SSSR count). The first-order valence-electron chi connectivity index (χ1n) is 9.85. The summed E-state index contributed by atoms with van der Waals surface area (Å²) in [6.07, 6.45) is 2.89. The zero-order valence-electron chi connectivity index (χ0n) is 17.5. The van der Waals surface area contributed by atoms with Gasteiger partial charge >= 0.3 is 0 Å². The van der Waals surface area contributed by atoms with E-state index in [9.17, 15) is 4.79 Å². The van der Waals surface area contributed by atoms with Crippen LogP contribution in [0.1, 0.15) is 32.8 Å². The van der Waals surface area contributed by atoms with Gasteiger partial charge in [-0.3, -0.25) is 4.79 Å². The molecular weight excluding hydrogens is 352 g/mol. The van der Waals surface area contributed by atoms with Crippen LogP contribution in [0, 0.1) is 0 Å². The summed E-state index contributed by atoms with van der Waals surface area (Å²) in [6.45, 7) is 13.9. The normalized spacial score (nSPS) is 17.3. The van der Waals surface area contributed by atoms with E-state index in [-0.39, 0.29) is 0 Å². The van der Waals surface area contributed by atoms with E-state index in [1.54, 1.807) is 7.11 Å². The number of allylic oxidation sites excluding steroid dienone is 3. The van der Waals surface area contributed by atoms with Crippen molar-refractivity contribution in [2.45, 2.75) is 65.0 Å². The maximum absolute atomic E-state index is 13.0. The molecule has 26 heavy (non-hydrogen) atoms. The van der Waals surface area contributed by atoms with Crippen LogP contribution in [0.25, 0.3) is 5.20 Å². The van der Waals surface area contributed by atoms with Crippen LogP contribution < -0.4 is 4.74 Å². The molecule has 0 heterocycles. The Balaban J connectivity index is 2.67. The van der Waals surface area contributed by atoms with E-state index in [1.807, 2.05) is 6.07 Å². The van der Waals surface area contributed by atoms with E-state index in [4.69, 9.17) is 4.74 Å². The van der Waals surface area contributed by atoms with E-state index in [1.165, 1.54) is 21.5 Å². The third-order valence-electron chi connectivity index (χ3n) is 6.00. The molecule has 4 heteroatoms. The summed E-state index contributed by atoms with van der Waals surface area (Å²) in [5, 5.41) is 2.60. The van der Waals surface area contributed by atoms with Gasteiger partial charge in [-0.15, -0.1) is 0 Å². The number of carbonyl (C=O) groups excluding carboxylic acids is 1. The second-order valence-corrected chi connectivity index (χ2v) is 18.6. The quantitative estimate of drug-likeness (QED) is 0.516. The molecule has 0 amide bonds. The number of carbonyl (C=O) groups is 1. The van der Waals surface area contributed by atoms with Crippen LogP contribution in [0.2, 0.25) is 37.8 Å². The molecule has 1 aromatic carbocycles. The second-order valence-electron chi connectivity index (χ2n) is 8.38. The Morgan fingerprint density at radius 3 is 2.19 bits per heavy atom. The van der Waals surface area contributed by atoms with Gasteiger partial charge < -0.3 is 4.74 Å². The van der Waals surface area contributed by atoms with Crippen molar-refractivity contribution in [1.82, 2.24) is 0 Å². The maximum atomic E-state index is 13.0. The van der Waals surface area contributed by atoms with Crippen molar-refractivity contribution in [2.75, 3.05) is 7.11 Å². The summed E-state index contributed by atoms with van der Waals surface area (Å²) < 4.78 is 5.45. The molecule has 0 N–H and O–H groups in total. The average Bonchev–Trinajstić information content (AvgIpc) is 2.98. The van der Waals surface area contributed by atoms with Crippen LogP contribution in [0.3, 0.4) is 0 Å². The van der Waals surface area contributed by atoms with Crippen molar-refractivity contribution in [2.24, 2.45) is 0 Å². The van der Waals surface area contributed by atoms with E-state index < -0.39 is 16.1 Å². The maximum Gasteiger partial charge on any atom is 0.159 e. The minimum atomic E-state index is -1.64. The summed E-state index contributed by atoms with van der Waals surface area (Å²) >= 11 is 0. The van der Waals surface area contributed by atoms with Crippen LogP contribution >= 0.6 is 0 Å². The number of benzene rings is 1. The van der Waals surface area contributed by atoms with Crippen LogP contribution in [-0.2, 0) is 4.79 Å². The molecule has 0 saturated heterocycles. The van der Waals surface area contributed by atoms with Crippen molar-refractivity contribution in [1.29, 1.82) is 0 Å². The smallest absolute Gasteiger partial charge is 0.159 e. The lowest BCUT2D eigenvalue weighted by atomic mass is 10.1. The number of hydrogen-bond acceptors (Lipinski definition) is 2. The van der Waals surface area contributed by atoms with Crippen molar-refractivity contribution < 1.29 is 9.53 Å². The van der Waals surface area contributed by atoms with Gasteiger partial charge in [0, 0.05) is 6.42 Å². The summed E-state index contributed by atoms with van der Waals surface area (Å²) in [5.41, 5.74) is 2.49. The molecule has 0 saturated carbocycles. The molecule has 1 aromatic rings. The molecule has 0 aromatic heterocycles. The highest BCUT2D eigenvalue weighted by Gasteiger charge is 2.39. The first-order valence-corrected chi connectivity index (χ1v) is 16.0. The van der Waals surface area contributed by atoms with E-state index >= 15 is 0 Å². The Morgan fingerprint density at radius 2 is 1.69 bits per heavy atom. The number of hydrogen-bond donors (Lipinski definition) is 0. The number of Topliss-reactive ketones (excluding diaryl/α,β-unsaturated/α-hetero) is 1. The lowest BCUT2D eigenvalue weighted by Crippen LogP contribution is -2.36. The van der Waals surface area contributed by atoms with Gasteiger partial charge in [-0.2, -0.15) is 0 Å². The standard InChI is InChI=1S/C22H34O2Si2/c1-8-26(9-2,10-3)21-16-18(15-20(21)23)22(25(5,6)7)17-12-11-13-19(14-17)24-4/h11-14,16H,8-10,15H2,1-7H3/b22-18+. The minimum absolute atomic E-state index is 0.385. The Labute approximate surface area is 161 Å². The van der Waals surface area contributed by atoms with Gasteiger partial charge in [0.05, 0.1) is 23.3 Å². The summed E-state index contributed by atoms with van der Waals surface area (Å²) in [5.74, 6) is 1.27. The first kappa shape index (κ1) is 20.9. The van der Waals surface area contributed by atoms with E-state index in [2.05, 4.69) is 64.7 Å². The van der Waals surface area contributed by atoms with Gasteiger partial charge in [-0.25, -0.2) is 0 Å². The fourth-order valence-electron chi connectivity index (χ4n) is 4.38. The molecule has 0 aliphatic heterocycles. The second kappa shape index (κ2) is 8.09. The first-order chi connectivity index (χ1) is 12.2. The Hall–Kier alpha value is -1.40. The van der Waals surface area contributed by atoms with Crippen LogP contribution in [0.5, 0.6) is 5.75 Å². The molecule has 2 nitrogen and oxygen atoms in total. The summed E-state index contributed by atoms with van der Waals surface area (Å²) in [4.78, 5) is 13.0. The molecule has 1 aliphatic rings. The fraction of sp³-hybridized carbons (Fsp3) is 0.500. The van der Waals surface area contributed by atoms with Gasteiger partial charge in [-0.05, 0) is 33.7 Å². The van der Waals surface area contributed by atoms with E-state index in [0.717, 1.165) is 23.9 Å². The molecule has 0 unspecified atom stereocenters. The number of rotatable bonds is 7.